The maximum absolute atomic E-state index is 13.4. The number of hydrogen-bond donors (Lipinski definition) is 1. The Labute approximate surface area is 211 Å². The van der Waals surface area contributed by atoms with Crippen molar-refractivity contribution < 1.29 is 19.4 Å². The van der Waals surface area contributed by atoms with Crippen molar-refractivity contribution in [3.63, 3.8) is 0 Å². The van der Waals surface area contributed by atoms with Gasteiger partial charge in [0.05, 0.1) is 23.9 Å². The van der Waals surface area contributed by atoms with Gasteiger partial charge in [0.15, 0.2) is 5.76 Å². The van der Waals surface area contributed by atoms with Crippen LogP contribution in [0.1, 0.15) is 50.2 Å². The number of likely N-dealkylation sites (N-methyl/N-ethyl adjacent to an activating group) is 1. The number of carbonyl (C=O) groups is 2. The second-order valence-electron chi connectivity index (χ2n) is 8.91. The van der Waals surface area contributed by atoms with Crippen LogP contribution >= 0.6 is 0 Å². The number of imidazole rings is 1. The molecule has 3 aromatic rings. The van der Waals surface area contributed by atoms with Crippen molar-refractivity contribution in [1.82, 2.24) is 19.2 Å². The molecule has 1 aliphatic heterocycles. The first kappa shape index (κ1) is 25.4. The van der Waals surface area contributed by atoms with E-state index in [0.717, 1.165) is 25.1 Å². The lowest BCUT2D eigenvalue weighted by Crippen LogP contribution is -2.38. The first-order valence-corrected chi connectivity index (χ1v) is 12.6. The van der Waals surface area contributed by atoms with Crippen molar-refractivity contribution >= 4 is 23.1 Å². The number of ether oxygens (including phenoxy) is 1. The van der Waals surface area contributed by atoms with E-state index in [1.54, 1.807) is 22.4 Å². The Balaban J connectivity index is 1.86. The van der Waals surface area contributed by atoms with E-state index in [4.69, 9.17) is 4.74 Å². The van der Waals surface area contributed by atoms with Gasteiger partial charge in [-0.15, -0.1) is 0 Å². The minimum Gasteiger partial charge on any atom is -0.505 e. The quantitative estimate of drug-likeness (QED) is 0.260. The molecule has 4 rings (SSSR count). The van der Waals surface area contributed by atoms with E-state index in [2.05, 4.69) is 23.7 Å². The number of nitrogens with zero attached hydrogens (tertiary/aromatic N) is 4. The third kappa shape index (κ3) is 4.73. The van der Waals surface area contributed by atoms with Gasteiger partial charge in [-0.2, -0.15) is 0 Å². The molecule has 0 radical (unpaired) electrons. The topological polar surface area (TPSA) is 87.4 Å². The summed E-state index contributed by atoms with van der Waals surface area (Å²) in [5.74, 6) is -0.864. The fraction of sp³-hybridized carbons (Fsp3) is 0.393. The number of likely N-dealkylation sites (tertiary alicyclic amines) is 1. The fourth-order valence-electron chi connectivity index (χ4n) is 4.77. The van der Waals surface area contributed by atoms with Crippen molar-refractivity contribution in [3.8, 4) is 5.75 Å². The van der Waals surface area contributed by atoms with Gasteiger partial charge in [-0.25, -0.2) is 4.98 Å². The number of amides is 1. The summed E-state index contributed by atoms with van der Waals surface area (Å²) in [7, 11) is 0. The zero-order valence-corrected chi connectivity index (χ0v) is 21.4. The van der Waals surface area contributed by atoms with E-state index in [1.165, 1.54) is 0 Å². The van der Waals surface area contributed by atoms with Crippen molar-refractivity contribution in [2.24, 2.45) is 0 Å². The van der Waals surface area contributed by atoms with Crippen LogP contribution in [-0.4, -0.2) is 68.8 Å². The summed E-state index contributed by atoms with van der Waals surface area (Å²) in [6, 6.07) is 12.2. The van der Waals surface area contributed by atoms with Crippen LogP contribution in [0.3, 0.4) is 0 Å². The number of benzene rings is 1. The second kappa shape index (κ2) is 11.0. The zero-order valence-electron chi connectivity index (χ0n) is 21.4. The van der Waals surface area contributed by atoms with Crippen LogP contribution in [0.5, 0.6) is 5.75 Å². The molecule has 36 heavy (non-hydrogen) atoms. The molecule has 2 aromatic heterocycles. The largest absolute Gasteiger partial charge is 0.505 e. The first-order chi connectivity index (χ1) is 17.4. The molecule has 0 bridgehead atoms. The molecule has 1 N–H and O–H groups in total. The highest BCUT2D eigenvalue weighted by Crippen LogP contribution is 2.40. The van der Waals surface area contributed by atoms with Crippen LogP contribution in [0.15, 0.2) is 54.2 Å². The Bertz CT molecular complexity index is 1290. The fourth-order valence-corrected chi connectivity index (χ4v) is 4.77. The lowest BCUT2D eigenvalue weighted by Gasteiger charge is -2.28. The molecule has 1 amide bonds. The van der Waals surface area contributed by atoms with Gasteiger partial charge in [0, 0.05) is 19.3 Å². The predicted molar refractivity (Wildman–Crippen MR) is 139 cm³/mol. The third-order valence-electron chi connectivity index (χ3n) is 6.67. The summed E-state index contributed by atoms with van der Waals surface area (Å²) < 4.78 is 7.57. The van der Waals surface area contributed by atoms with Gasteiger partial charge in [-0.1, -0.05) is 39.0 Å². The number of carbonyl (C=O) groups excluding carboxylic acids is 2. The summed E-state index contributed by atoms with van der Waals surface area (Å²) in [6.07, 6.45) is 2.65. The van der Waals surface area contributed by atoms with E-state index < -0.39 is 17.7 Å². The molecule has 1 saturated heterocycles. The molecule has 0 saturated carbocycles. The van der Waals surface area contributed by atoms with E-state index in [1.807, 2.05) is 49.4 Å². The number of hydrogen-bond acceptors (Lipinski definition) is 6. The van der Waals surface area contributed by atoms with E-state index in [-0.39, 0.29) is 11.3 Å². The zero-order chi connectivity index (χ0) is 25.8. The summed E-state index contributed by atoms with van der Waals surface area (Å²) >= 11 is 0. The van der Waals surface area contributed by atoms with E-state index in [9.17, 15) is 14.7 Å². The molecule has 0 aliphatic carbocycles. The van der Waals surface area contributed by atoms with Crippen LogP contribution in [0, 0.1) is 6.92 Å². The highest BCUT2D eigenvalue weighted by atomic mass is 16.5. The molecule has 1 atom stereocenters. The van der Waals surface area contributed by atoms with E-state index in [0.29, 0.717) is 42.5 Å². The van der Waals surface area contributed by atoms with Crippen LogP contribution in [0.2, 0.25) is 0 Å². The molecule has 8 heteroatoms. The number of aliphatic hydroxyl groups excluding tert-OH is 1. The molecule has 8 nitrogen and oxygen atoms in total. The smallest absolute Gasteiger partial charge is 0.295 e. The Morgan fingerprint density at radius 1 is 1.11 bits per heavy atom. The van der Waals surface area contributed by atoms with Crippen molar-refractivity contribution in [1.29, 1.82) is 0 Å². The lowest BCUT2D eigenvalue weighted by molar-refractivity contribution is -0.140. The molecule has 0 spiro atoms. The average Bonchev–Trinajstić information content (AvgIpc) is 3.36. The van der Waals surface area contributed by atoms with Gasteiger partial charge in [0.2, 0.25) is 0 Å². The number of fused-ring (bicyclic) bond motifs is 1. The number of rotatable bonds is 10. The Kier molecular flexibility index (Phi) is 7.74. The standard InChI is InChI=1S/C28H34N4O4/c1-5-17-36-21-12-10-11-20(18-21)25-23(27(34)28(35)32(25)16-15-30(6-2)7-3)26(33)24-19(4)29-22-13-8-9-14-31(22)24/h8-14,18,25,33H,5-7,15-17H2,1-4H3/b26-23+. The Morgan fingerprint density at radius 3 is 2.61 bits per heavy atom. The minimum absolute atomic E-state index is 0.0703. The van der Waals surface area contributed by atoms with Gasteiger partial charge in [-0.3, -0.25) is 14.0 Å². The van der Waals surface area contributed by atoms with Crippen molar-refractivity contribution in [2.75, 3.05) is 32.8 Å². The van der Waals surface area contributed by atoms with Crippen LogP contribution in [-0.2, 0) is 9.59 Å². The van der Waals surface area contributed by atoms with Crippen LogP contribution in [0.25, 0.3) is 11.4 Å². The average molecular weight is 491 g/mol. The molecular formula is C28H34N4O4. The maximum atomic E-state index is 13.4. The van der Waals surface area contributed by atoms with Crippen molar-refractivity contribution in [2.45, 2.75) is 40.2 Å². The Hall–Kier alpha value is -3.65. The summed E-state index contributed by atoms with van der Waals surface area (Å²) in [5.41, 5.74) is 2.43. The maximum Gasteiger partial charge on any atom is 0.295 e. The van der Waals surface area contributed by atoms with Gasteiger partial charge >= 0.3 is 0 Å². The highest BCUT2D eigenvalue weighted by Gasteiger charge is 2.46. The SMILES string of the molecule is CCCOc1cccc(C2/C(=C(\O)c3c(C)nc4ccccn34)C(=O)C(=O)N2CCN(CC)CC)c1. The summed E-state index contributed by atoms with van der Waals surface area (Å²) in [5, 5.41) is 11.6. The monoisotopic (exact) mass is 490 g/mol. The molecule has 190 valence electrons. The number of pyridine rings is 1. The molecule has 1 aliphatic rings. The van der Waals surface area contributed by atoms with Crippen LogP contribution in [0.4, 0.5) is 0 Å². The molecule has 3 heterocycles. The lowest BCUT2D eigenvalue weighted by atomic mass is 9.96. The van der Waals surface area contributed by atoms with Crippen LogP contribution < -0.4 is 4.74 Å². The van der Waals surface area contributed by atoms with Crippen molar-refractivity contribution in [3.05, 3.63) is 71.2 Å². The van der Waals surface area contributed by atoms with E-state index >= 15 is 0 Å². The predicted octanol–water partition coefficient (Wildman–Crippen LogP) is 4.20. The number of aromatic nitrogens is 2. The molecule has 1 fully saturated rings. The molecular weight excluding hydrogens is 456 g/mol. The van der Waals surface area contributed by atoms with Gasteiger partial charge < -0.3 is 19.6 Å². The van der Waals surface area contributed by atoms with Gasteiger partial charge in [0.1, 0.15) is 17.1 Å². The number of aliphatic hydroxyl groups is 1. The number of ketones is 1. The first-order valence-electron chi connectivity index (χ1n) is 12.6. The second-order valence-corrected chi connectivity index (χ2v) is 8.91. The molecule has 1 aromatic carbocycles. The highest BCUT2D eigenvalue weighted by molar-refractivity contribution is 6.46. The Morgan fingerprint density at radius 2 is 1.89 bits per heavy atom. The summed E-state index contributed by atoms with van der Waals surface area (Å²) in [4.78, 5) is 35.1. The third-order valence-corrected chi connectivity index (χ3v) is 6.67. The number of aryl methyl sites for hydroxylation is 1. The van der Waals surface area contributed by atoms with Gasteiger partial charge in [0.25, 0.3) is 11.7 Å². The minimum atomic E-state index is -0.737. The summed E-state index contributed by atoms with van der Waals surface area (Å²) in [6.45, 7) is 11.2. The number of Topliss-reactive ketones (excluding diaryl/α,β-unsaturated/α-hetero) is 1. The molecule has 1 unspecified atom stereocenters. The normalized spacial score (nSPS) is 17.5. The van der Waals surface area contributed by atoms with Gasteiger partial charge in [-0.05, 0) is 56.3 Å².